The van der Waals surface area contributed by atoms with Crippen LogP contribution >= 0.6 is 0 Å². The van der Waals surface area contributed by atoms with E-state index in [2.05, 4.69) is 67.8 Å². The van der Waals surface area contributed by atoms with Crippen LogP contribution < -0.4 is 5.32 Å². The summed E-state index contributed by atoms with van der Waals surface area (Å²) in [5.41, 5.74) is 0. The number of hydrogen-bond donors (Lipinski definition) is 3. The zero-order valence-electron chi connectivity index (χ0n) is 57.4. The molecule has 0 rings (SSSR count). The number of aliphatic hydroxyl groups excluding tert-OH is 2. The van der Waals surface area contributed by atoms with Crippen molar-refractivity contribution >= 4 is 11.9 Å². The zero-order chi connectivity index (χ0) is 61.3. The second-order valence-electron chi connectivity index (χ2n) is 26.3. The quantitative estimate of drug-likeness (QED) is 0.0320. The van der Waals surface area contributed by atoms with Crippen molar-refractivity contribution < 1.29 is 24.5 Å². The first-order valence-corrected chi connectivity index (χ1v) is 38.4. The molecule has 0 aromatic rings. The van der Waals surface area contributed by atoms with E-state index in [1.165, 1.54) is 327 Å². The van der Waals surface area contributed by atoms with Crippen molar-refractivity contribution in [2.75, 3.05) is 13.2 Å². The van der Waals surface area contributed by atoms with Crippen LogP contribution in [0.1, 0.15) is 418 Å². The van der Waals surface area contributed by atoms with Gasteiger partial charge in [0.25, 0.3) is 0 Å². The normalized spacial score (nSPS) is 12.8. The van der Waals surface area contributed by atoms with Crippen LogP contribution in [0.25, 0.3) is 0 Å². The minimum atomic E-state index is -0.664. The number of nitrogens with one attached hydrogen (secondary N) is 1. The van der Waals surface area contributed by atoms with Crippen LogP contribution in [-0.2, 0) is 14.3 Å². The van der Waals surface area contributed by atoms with Crippen LogP contribution in [0.2, 0.25) is 0 Å². The molecule has 0 aromatic carbocycles. The summed E-state index contributed by atoms with van der Waals surface area (Å²) in [6, 6.07) is -0.541. The number of esters is 1. The zero-order valence-corrected chi connectivity index (χ0v) is 57.4. The van der Waals surface area contributed by atoms with Gasteiger partial charge in [0.05, 0.1) is 25.4 Å². The Hall–Kier alpha value is -2.18. The molecule has 0 fully saturated rings. The molecular formula is C79H149NO5. The van der Waals surface area contributed by atoms with E-state index in [4.69, 9.17) is 4.74 Å². The number of ether oxygens (including phenoxy) is 1. The molecule has 3 N–H and O–H groups in total. The molecule has 0 saturated heterocycles. The molecule has 0 radical (unpaired) electrons. The van der Waals surface area contributed by atoms with Crippen molar-refractivity contribution in [1.82, 2.24) is 5.32 Å². The van der Waals surface area contributed by atoms with Crippen molar-refractivity contribution in [3.05, 3.63) is 48.6 Å². The lowest BCUT2D eigenvalue weighted by Gasteiger charge is -2.22. The monoisotopic (exact) mass is 1190 g/mol. The topological polar surface area (TPSA) is 95.9 Å². The summed E-state index contributed by atoms with van der Waals surface area (Å²) in [4.78, 5) is 24.6. The fourth-order valence-corrected chi connectivity index (χ4v) is 12.0. The largest absolute Gasteiger partial charge is 0.466 e. The van der Waals surface area contributed by atoms with Crippen molar-refractivity contribution in [3.8, 4) is 0 Å². The molecular weight excluding hydrogens is 1040 g/mol. The van der Waals surface area contributed by atoms with Gasteiger partial charge >= 0.3 is 5.97 Å². The number of hydrogen-bond acceptors (Lipinski definition) is 5. The van der Waals surface area contributed by atoms with Crippen molar-refractivity contribution in [2.24, 2.45) is 0 Å². The minimum absolute atomic E-state index is 0.00302. The summed E-state index contributed by atoms with van der Waals surface area (Å²) in [7, 11) is 0. The Morgan fingerprint density at radius 2 is 0.588 bits per heavy atom. The molecule has 0 aliphatic carbocycles. The maximum Gasteiger partial charge on any atom is 0.305 e. The summed E-state index contributed by atoms with van der Waals surface area (Å²) in [6.45, 7) is 4.96. The third-order valence-electron chi connectivity index (χ3n) is 17.9. The molecule has 6 nitrogen and oxygen atoms in total. The predicted octanol–water partition coefficient (Wildman–Crippen LogP) is 25.2. The summed E-state index contributed by atoms with van der Waals surface area (Å²) in [6.07, 6.45) is 97.6. The van der Waals surface area contributed by atoms with Gasteiger partial charge in [-0.2, -0.15) is 0 Å². The summed E-state index contributed by atoms with van der Waals surface area (Å²) in [5, 5.41) is 23.4. The fraction of sp³-hybridized carbons (Fsp3) is 0.873. The number of unbranched alkanes of at least 4 members (excludes halogenated alkanes) is 53. The average Bonchev–Trinajstić information content (AvgIpc) is 3.51. The van der Waals surface area contributed by atoms with E-state index in [-0.39, 0.29) is 18.5 Å². The number of aliphatic hydroxyl groups is 2. The van der Waals surface area contributed by atoms with Crippen LogP contribution in [0.15, 0.2) is 48.6 Å². The van der Waals surface area contributed by atoms with Gasteiger partial charge in [-0.25, -0.2) is 0 Å². The molecule has 2 atom stereocenters. The summed E-state index contributed by atoms with van der Waals surface area (Å²) < 4.78 is 5.49. The van der Waals surface area contributed by atoms with Crippen LogP contribution in [0.5, 0.6) is 0 Å². The van der Waals surface area contributed by atoms with E-state index in [9.17, 15) is 19.8 Å². The first-order valence-electron chi connectivity index (χ1n) is 38.4. The van der Waals surface area contributed by atoms with Gasteiger partial charge in [0.15, 0.2) is 0 Å². The first-order chi connectivity index (χ1) is 42.0. The predicted molar refractivity (Wildman–Crippen MR) is 375 cm³/mol. The second-order valence-corrected chi connectivity index (χ2v) is 26.3. The smallest absolute Gasteiger partial charge is 0.305 e. The molecule has 500 valence electrons. The Morgan fingerprint density at radius 1 is 0.329 bits per heavy atom. The lowest BCUT2D eigenvalue weighted by molar-refractivity contribution is -0.143. The Labute approximate surface area is 531 Å². The van der Waals surface area contributed by atoms with Gasteiger partial charge in [-0.05, 0) is 89.9 Å². The van der Waals surface area contributed by atoms with E-state index >= 15 is 0 Å². The van der Waals surface area contributed by atoms with E-state index in [0.29, 0.717) is 25.9 Å². The number of carbonyl (C=O) groups excluding carboxylic acids is 2. The Kier molecular flexibility index (Phi) is 72.4. The average molecular weight is 1190 g/mol. The number of rotatable bonds is 72. The molecule has 0 aliphatic heterocycles. The highest BCUT2D eigenvalue weighted by Gasteiger charge is 2.20. The maximum atomic E-state index is 12.5. The van der Waals surface area contributed by atoms with Gasteiger partial charge in [0.2, 0.25) is 5.91 Å². The number of carbonyl (C=O) groups is 2. The van der Waals surface area contributed by atoms with Crippen molar-refractivity contribution in [1.29, 1.82) is 0 Å². The molecule has 0 aromatic heterocycles. The molecule has 85 heavy (non-hydrogen) atoms. The standard InChI is InChI=1S/C79H149NO5/c1-3-5-7-9-11-13-15-17-19-20-40-44-47-51-55-59-63-67-71-77(82)76(75-81)80-78(83)72-68-64-60-56-52-48-45-41-38-36-34-32-30-28-26-24-22-21-23-25-27-29-31-33-35-37-39-42-46-50-54-58-62-66-70-74-85-79(84)73-69-65-61-57-53-49-43-18-16-14-12-10-8-6-4-2/h12,14,18,23,25,29,31,43,76-77,81-82H,3-11,13,15-17,19-22,24,26-28,30,32-42,44-75H2,1-2H3,(H,80,83)/b14-12-,25-23-,31-29-,43-18-. The van der Waals surface area contributed by atoms with E-state index in [1.54, 1.807) is 0 Å². The molecule has 0 aliphatic rings. The maximum absolute atomic E-state index is 12.5. The van der Waals surface area contributed by atoms with Crippen LogP contribution in [0.4, 0.5) is 0 Å². The molecule has 0 heterocycles. The van der Waals surface area contributed by atoms with Gasteiger partial charge in [0, 0.05) is 12.8 Å². The second kappa shape index (κ2) is 74.3. The Morgan fingerprint density at radius 3 is 0.918 bits per heavy atom. The van der Waals surface area contributed by atoms with Crippen LogP contribution in [-0.4, -0.2) is 47.4 Å². The highest BCUT2D eigenvalue weighted by Crippen LogP contribution is 2.19. The van der Waals surface area contributed by atoms with Gasteiger partial charge in [-0.3, -0.25) is 9.59 Å². The molecule has 1 amide bonds. The van der Waals surface area contributed by atoms with Gasteiger partial charge in [-0.15, -0.1) is 0 Å². The number of amides is 1. The van der Waals surface area contributed by atoms with E-state index in [0.717, 1.165) is 57.8 Å². The number of allylic oxidation sites excluding steroid dienone is 8. The third kappa shape index (κ3) is 70.8. The van der Waals surface area contributed by atoms with E-state index in [1.807, 2.05) is 0 Å². The SMILES string of the molecule is CCCCC/C=C\C/C=C\CCCCCCCC(=O)OCCCCCCCCCCCCC/C=C\C/C=C\CCCCCCCCCCCCCCCCCCCC(=O)NC(CO)C(O)CCCCCCCCCCCCCCCCCCCC. The molecule has 2 unspecified atom stereocenters. The summed E-state index contributed by atoms with van der Waals surface area (Å²) >= 11 is 0. The molecule has 0 saturated carbocycles. The third-order valence-corrected chi connectivity index (χ3v) is 17.9. The fourth-order valence-electron chi connectivity index (χ4n) is 12.0. The van der Waals surface area contributed by atoms with Gasteiger partial charge in [-0.1, -0.05) is 364 Å². The van der Waals surface area contributed by atoms with Gasteiger partial charge < -0.3 is 20.3 Å². The van der Waals surface area contributed by atoms with Crippen LogP contribution in [0, 0.1) is 0 Å². The summed E-state index contributed by atoms with van der Waals surface area (Å²) in [5.74, 6) is -0.0259. The van der Waals surface area contributed by atoms with Crippen molar-refractivity contribution in [3.63, 3.8) is 0 Å². The van der Waals surface area contributed by atoms with Crippen molar-refractivity contribution in [2.45, 2.75) is 431 Å². The van der Waals surface area contributed by atoms with E-state index < -0.39 is 12.1 Å². The highest BCUT2D eigenvalue weighted by atomic mass is 16.5. The molecule has 6 heteroatoms. The highest BCUT2D eigenvalue weighted by molar-refractivity contribution is 5.76. The first kappa shape index (κ1) is 82.8. The lowest BCUT2D eigenvalue weighted by atomic mass is 10.0. The molecule has 0 bridgehead atoms. The van der Waals surface area contributed by atoms with Crippen LogP contribution in [0.3, 0.4) is 0 Å². The molecule has 0 spiro atoms. The lowest BCUT2D eigenvalue weighted by Crippen LogP contribution is -2.45. The Bertz CT molecular complexity index is 1420. The Balaban J connectivity index is 3.37. The minimum Gasteiger partial charge on any atom is -0.466 e. The van der Waals surface area contributed by atoms with Gasteiger partial charge in [0.1, 0.15) is 0 Å².